The van der Waals surface area contributed by atoms with Gasteiger partial charge < -0.3 is 15.8 Å². The Bertz CT molecular complexity index is 420. The van der Waals surface area contributed by atoms with Crippen molar-refractivity contribution in [1.82, 2.24) is 0 Å². The Balaban J connectivity index is 1.77. The molecule has 5 heteroatoms. The zero-order valence-electron chi connectivity index (χ0n) is 10.9. The van der Waals surface area contributed by atoms with E-state index in [9.17, 15) is 8.78 Å². The number of nitrogens with two attached hydrogens (primary N) is 1. The second kappa shape index (κ2) is 6.70. The summed E-state index contributed by atoms with van der Waals surface area (Å²) >= 11 is 0. The monoisotopic (exact) mass is 270 g/mol. The number of rotatable bonds is 5. The molecule has 0 aliphatic heterocycles. The molecule has 0 heterocycles. The van der Waals surface area contributed by atoms with Crippen LogP contribution in [0.4, 0.5) is 20.2 Å². The number of nitrogens with one attached hydrogen (secondary N) is 1. The predicted molar refractivity (Wildman–Crippen MR) is 72.1 cm³/mol. The minimum Gasteiger partial charge on any atom is -0.397 e. The molecule has 0 atom stereocenters. The SMILES string of the molecule is Nc1ccc(F)c(F)c1NCCOC1CCCCC1. The van der Waals surface area contributed by atoms with E-state index in [1.165, 1.54) is 25.3 Å². The van der Waals surface area contributed by atoms with E-state index in [1.807, 2.05) is 0 Å². The molecule has 1 aliphatic carbocycles. The van der Waals surface area contributed by atoms with Crippen molar-refractivity contribution < 1.29 is 13.5 Å². The summed E-state index contributed by atoms with van der Waals surface area (Å²) in [6.07, 6.45) is 6.20. The smallest absolute Gasteiger partial charge is 0.183 e. The van der Waals surface area contributed by atoms with Gasteiger partial charge in [-0.3, -0.25) is 0 Å². The van der Waals surface area contributed by atoms with E-state index in [1.54, 1.807) is 0 Å². The fourth-order valence-corrected chi connectivity index (χ4v) is 2.38. The molecular weight excluding hydrogens is 250 g/mol. The standard InChI is InChI=1S/C14H20F2N2O/c15-11-6-7-12(17)14(13(11)16)18-8-9-19-10-4-2-1-3-5-10/h6-7,10,18H,1-5,8-9,17H2. The number of ether oxygens (including phenoxy) is 1. The summed E-state index contributed by atoms with van der Waals surface area (Å²) in [4.78, 5) is 0. The summed E-state index contributed by atoms with van der Waals surface area (Å²) < 4.78 is 32.2. The summed E-state index contributed by atoms with van der Waals surface area (Å²) in [5, 5.41) is 2.80. The second-order valence-electron chi connectivity index (χ2n) is 4.88. The molecule has 0 saturated heterocycles. The lowest BCUT2D eigenvalue weighted by Crippen LogP contribution is -2.21. The molecule has 3 N–H and O–H groups in total. The van der Waals surface area contributed by atoms with E-state index < -0.39 is 11.6 Å². The van der Waals surface area contributed by atoms with Crippen LogP contribution in [0.2, 0.25) is 0 Å². The molecule has 1 aliphatic rings. The third-order valence-electron chi connectivity index (χ3n) is 3.44. The molecule has 3 nitrogen and oxygen atoms in total. The molecular formula is C14H20F2N2O. The van der Waals surface area contributed by atoms with Gasteiger partial charge in [0, 0.05) is 6.54 Å². The molecule has 106 valence electrons. The fourth-order valence-electron chi connectivity index (χ4n) is 2.38. The highest BCUT2D eigenvalue weighted by atomic mass is 19.2. The van der Waals surface area contributed by atoms with Crippen molar-refractivity contribution in [3.05, 3.63) is 23.8 Å². The highest BCUT2D eigenvalue weighted by Crippen LogP contribution is 2.24. The molecule has 19 heavy (non-hydrogen) atoms. The van der Waals surface area contributed by atoms with Crippen LogP contribution >= 0.6 is 0 Å². The minimum atomic E-state index is -0.933. The number of hydrogen-bond donors (Lipinski definition) is 2. The third-order valence-corrected chi connectivity index (χ3v) is 3.44. The van der Waals surface area contributed by atoms with E-state index in [4.69, 9.17) is 10.5 Å². The van der Waals surface area contributed by atoms with E-state index in [0.29, 0.717) is 19.3 Å². The van der Waals surface area contributed by atoms with Crippen LogP contribution in [0.5, 0.6) is 0 Å². The Hall–Kier alpha value is -1.36. The molecule has 0 bridgehead atoms. The number of nitrogen functional groups attached to an aromatic ring is 1. The highest BCUT2D eigenvalue weighted by molar-refractivity contribution is 5.66. The minimum absolute atomic E-state index is 0.0206. The molecule has 1 saturated carbocycles. The summed E-state index contributed by atoms with van der Waals surface area (Å²) in [7, 11) is 0. The van der Waals surface area contributed by atoms with Gasteiger partial charge >= 0.3 is 0 Å². The van der Waals surface area contributed by atoms with Gasteiger partial charge in [-0.15, -0.1) is 0 Å². The Morgan fingerprint density at radius 2 is 1.95 bits per heavy atom. The van der Waals surface area contributed by atoms with E-state index in [2.05, 4.69) is 5.32 Å². The molecule has 0 unspecified atom stereocenters. The summed E-state index contributed by atoms with van der Waals surface area (Å²) in [6, 6.07) is 2.37. The van der Waals surface area contributed by atoms with Gasteiger partial charge in [0.2, 0.25) is 0 Å². The average Bonchev–Trinajstić information content (AvgIpc) is 2.43. The molecule has 0 radical (unpaired) electrons. The van der Waals surface area contributed by atoms with E-state index in [0.717, 1.165) is 18.9 Å². The van der Waals surface area contributed by atoms with Crippen molar-refractivity contribution in [3.63, 3.8) is 0 Å². The van der Waals surface area contributed by atoms with Gasteiger partial charge in [-0.1, -0.05) is 19.3 Å². The van der Waals surface area contributed by atoms with Crippen molar-refractivity contribution in [2.75, 3.05) is 24.2 Å². The van der Waals surface area contributed by atoms with Crippen LogP contribution in [-0.2, 0) is 4.74 Å². The first-order valence-corrected chi connectivity index (χ1v) is 6.77. The van der Waals surface area contributed by atoms with Gasteiger partial charge in [-0.05, 0) is 25.0 Å². The lowest BCUT2D eigenvalue weighted by Gasteiger charge is -2.22. The van der Waals surface area contributed by atoms with E-state index in [-0.39, 0.29) is 11.4 Å². The molecule has 2 rings (SSSR count). The highest BCUT2D eigenvalue weighted by Gasteiger charge is 2.14. The third kappa shape index (κ3) is 3.80. The average molecular weight is 270 g/mol. The van der Waals surface area contributed by atoms with Crippen LogP contribution < -0.4 is 11.1 Å². The lowest BCUT2D eigenvalue weighted by atomic mass is 9.98. The molecule has 1 fully saturated rings. The van der Waals surface area contributed by atoms with Gasteiger partial charge in [-0.25, -0.2) is 8.78 Å². The van der Waals surface area contributed by atoms with Crippen LogP contribution in [0.3, 0.4) is 0 Å². The number of hydrogen-bond acceptors (Lipinski definition) is 3. The van der Waals surface area contributed by atoms with Gasteiger partial charge in [0.15, 0.2) is 11.6 Å². The van der Waals surface area contributed by atoms with Crippen LogP contribution in [0.25, 0.3) is 0 Å². The topological polar surface area (TPSA) is 47.3 Å². The predicted octanol–water partition coefficient (Wildman–Crippen LogP) is 3.31. The normalized spacial score (nSPS) is 16.5. The van der Waals surface area contributed by atoms with Gasteiger partial charge in [0.25, 0.3) is 0 Å². The van der Waals surface area contributed by atoms with Crippen molar-refractivity contribution in [2.24, 2.45) is 0 Å². The second-order valence-corrected chi connectivity index (χ2v) is 4.88. The maximum Gasteiger partial charge on any atom is 0.183 e. The zero-order chi connectivity index (χ0) is 13.7. The first kappa shape index (κ1) is 14.1. The Morgan fingerprint density at radius 3 is 2.68 bits per heavy atom. The van der Waals surface area contributed by atoms with Gasteiger partial charge in [-0.2, -0.15) is 0 Å². The first-order valence-electron chi connectivity index (χ1n) is 6.77. The quantitative estimate of drug-likeness (QED) is 0.637. The zero-order valence-corrected chi connectivity index (χ0v) is 10.9. The Morgan fingerprint density at radius 1 is 1.21 bits per heavy atom. The maximum absolute atomic E-state index is 13.5. The molecule has 1 aromatic carbocycles. The van der Waals surface area contributed by atoms with Crippen molar-refractivity contribution >= 4 is 11.4 Å². The molecule has 0 aromatic heterocycles. The number of benzene rings is 1. The number of halogens is 2. The van der Waals surface area contributed by atoms with E-state index >= 15 is 0 Å². The lowest BCUT2D eigenvalue weighted by molar-refractivity contribution is 0.0347. The summed E-state index contributed by atoms with van der Waals surface area (Å²) in [6.45, 7) is 0.890. The van der Waals surface area contributed by atoms with Gasteiger partial charge in [0.1, 0.15) is 0 Å². The van der Waals surface area contributed by atoms with Crippen LogP contribution in [0.1, 0.15) is 32.1 Å². The molecule has 0 amide bonds. The summed E-state index contributed by atoms with van der Waals surface area (Å²) in [5.74, 6) is -1.83. The molecule has 1 aromatic rings. The number of anilines is 2. The van der Waals surface area contributed by atoms with Crippen molar-refractivity contribution in [3.8, 4) is 0 Å². The van der Waals surface area contributed by atoms with Crippen LogP contribution in [0.15, 0.2) is 12.1 Å². The van der Waals surface area contributed by atoms with Gasteiger partial charge in [0.05, 0.1) is 24.1 Å². The Kier molecular flexibility index (Phi) is 4.96. The summed E-state index contributed by atoms with van der Waals surface area (Å²) in [5.41, 5.74) is 5.83. The largest absolute Gasteiger partial charge is 0.397 e. The van der Waals surface area contributed by atoms with Crippen LogP contribution in [-0.4, -0.2) is 19.3 Å². The Labute approximate surface area is 112 Å². The maximum atomic E-state index is 13.5. The fraction of sp³-hybridized carbons (Fsp3) is 0.571. The first-order chi connectivity index (χ1) is 9.18. The van der Waals surface area contributed by atoms with Crippen molar-refractivity contribution in [2.45, 2.75) is 38.2 Å². The van der Waals surface area contributed by atoms with Crippen LogP contribution in [0, 0.1) is 11.6 Å². The molecule has 0 spiro atoms. The van der Waals surface area contributed by atoms with Crippen molar-refractivity contribution in [1.29, 1.82) is 0 Å².